The van der Waals surface area contributed by atoms with Gasteiger partial charge in [-0.25, -0.2) is 0 Å². The van der Waals surface area contributed by atoms with Crippen molar-refractivity contribution >= 4 is 87.0 Å². The number of hydrogen-bond acceptors (Lipinski definition) is 2. The molecule has 0 saturated heterocycles. The summed E-state index contributed by atoms with van der Waals surface area (Å²) in [4.78, 5) is 0. The maximum atomic E-state index is 6.71. The van der Waals surface area contributed by atoms with Crippen molar-refractivity contribution < 1.29 is 8.83 Å². The van der Waals surface area contributed by atoms with Crippen molar-refractivity contribution in [1.29, 1.82) is 0 Å². The largest absolute Gasteiger partial charge is 0.456 e. The Hall–Kier alpha value is -7.16. The SMILES string of the molecule is c1cc(-c2c3ccccc3c(-c3cccc4ccccc34)c3ccccc23)cc(-c2cc3c(oc4ccc5oc6ccccc6c5c43)c3ccccc23)c1. The van der Waals surface area contributed by atoms with E-state index in [1.165, 1.54) is 60.1 Å². The zero-order chi connectivity index (χ0) is 35.3. The second-order valence-electron chi connectivity index (χ2n) is 14.3. The molecule has 0 fully saturated rings. The van der Waals surface area contributed by atoms with Gasteiger partial charge in [0.15, 0.2) is 0 Å². The Kier molecular flexibility index (Phi) is 6.09. The molecule has 2 heterocycles. The minimum absolute atomic E-state index is 0.865. The highest BCUT2D eigenvalue weighted by molar-refractivity contribution is 6.30. The molecule has 10 aromatic carbocycles. The van der Waals surface area contributed by atoms with Crippen molar-refractivity contribution in [3.63, 3.8) is 0 Å². The van der Waals surface area contributed by atoms with Gasteiger partial charge in [0.2, 0.25) is 0 Å². The first-order valence-corrected chi connectivity index (χ1v) is 18.5. The van der Waals surface area contributed by atoms with E-state index in [0.717, 1.165) is 60.2 Å². The molecular formula is C52H30O2. The van der Waals surface area contributed by atoms with Crippen LogP contribution in [0.1, 0.15) is 0 Å². The van der Waals surface area contributed by atoms with Crippen LogP contribution in [0.25, 0.3) is 120 Å². The molecule has 0 aliphatic rings. The molecule has 0 spiro atoms. The first-order chi connectivity index (χ1) is 26.8. The van der Waals surface area contributed by atoms with E-state index in [0.29, 0.717) is 0 Å². The Morgan fingerprint density at radius 1 is 0.278 bits per heavy atom. The highest BCUT2D eigenvalue weighted by Gasteiger charge is 2.21. The summed E-state index contributed by atoms with van der Waals surface area (Å²) in [5.41, 5.74) is 10.8. The lowest BCUT2D eigenvalue weighted by Crippen LogP contribution is -1.92. The molecule has 12 rings (SSSR count). The highest BCUT2D eigenvalue weighted by Crippen LogP contribution is 2.48. The van der Waals surface area contributed by atoms with Crippen LogP contribution in [-0.4, -0.2) is 0 Å². The molecule has 0 atom stereocenters. The van der Waals surface area contributed by atoms with Gasteiger partial charge in [-0.1, -0.05) is 152 Å². The standard InChI is InChI=1S/C52H30O2/c1-2-17-34-31(13-1)14-12-25-36(34)49-39-21-6-4-19-37(39)48(38-20-5-7-22-40(38)49)33-16-11-15-32(29-33)43-30-44-51-47(54-52(44)41-23-8-3-18-35(41)43)28-27-46-50(51)42-24-9-10-26-45(42)53-46/h1-30H. The first-order valence-electron chi connectivity index (χ1n) is 18.5. The van der Waals surface area contributed by atoms with E-state index in [1.807, 2.05) is 24.3 Å². The van der Waals surface area contributed by atoms with Gasteiger partial charge in [0.1, 0.15) is 22.3 Å². The van der Waals surface area contributed by atoms with Crippen LogP contribution in [0.4, 0.5) is 0 Å². The van der Waals surface area contributed by atoms with Crippen molar-refractivity contribution in [2.24, 2.45) is 0 Å². The molecule has 0 aliphatic carbocycles. The minimum atomic E-state index is 0.865. The molecule has 0 unspecified atom stereocenters. The average molecular weight is 687 g/mol. The smallest absolute Gasteiger partial charge is 0.143 e. The lowest BCUT2D eigenvalue weighted by atomic mass is 9.84. The average Bonchev–Trinajstić information content (AvgIpc) is 3.81. The third kappa shape index (κ3) is 4.11. The van der Waals surface area contributed by atoms with Gasteiger partial charge in [-0.15, -0.1) is 0 Å². The van der Waals surface area contributed by atoms with Crippen LogP contribution in [0, 0.1) is 0 Å². The van der Waals surface area contributed by atoms with Crippen molar-refractivity contribution in [1.82, 2.24) is 0 Å². The number of para-hydroxylation sites is 1. The Labute approximate surface area is 310 Å². The molecule has 250 valence electrons. The topological polar surface area (TPSA) is 26.3 Å². The quantitative estimate of drug-likeness (QED) is 0.173. The maximum Gasteiger partial charge on any atom is 0.143 e. The van der Waals surface area contributed by atoms with E-state index < -0.39 is 0 Å². The van der Waals surface area contributed by atoms with Crippen molar-refractivity contribution in [3.8, 4) is 33.4 Å². The van der Waals surface area contributed by atoms with Crippen LogP contribution < -0.4 is 0 Å². The normalized spacial score (nSPS) is 12.1. The van der Waals surface area contributed by atoms with Gasteiger partial charge in [-0.05, 0) is 101 Å². The second-order valence-corrected chi connectivity index (χ2v) is 14.3. The van der Waals surface area contributed by atoms with E-state index in [4.69, 9.17) is 8.83 Å². The summed E-state index contributed by atoms with van der Waals surface area (Å²) in [5, 5.41) is 14.1. The van der Waals surface area contributed by atoms with Crippen LogP contribution in [0.15, 0.2) is 191 Å². The van der Waals surface area contributed by atoms with E-state index in [-0.39, 0.29) is 0 Å². The van der Waals surface area contributed by atoms with Crippen LogP contribution in [0.5, 0.6) is 0 Å². The van der Waals surface area contributed by atoms with Crippen LogP contribution in [-0.2, 0) is 0 Å². The van der Waals surface area contributed by atoms with Gasteiger partial charge >= 0.3 is 0 Å². The number of benzene rings is 10. The van der Waals surface area contributed by atoms with Crippen molar-refractivity contribution in [2.75, 3.05) is 0 Å². The molecule has 0 saturated carbocycles. The van der Waals surface area contributed by atoms with Crippen LogP contribution >= 0.6 is 0 Å². The second kappa shape index (κ2) is 11.2. The summed E-state index contributed by atoms with van der Waals surface area (Å²) in [7, 11) is 0. The fourth-order valence-corrected chi connectivity index (χ4v) is 9.16. The third-order valence-electron chi connectivity index (χ3n) is 11.4. The zero-order valence-corrected chi connectivity index (χ0v) is 29.1. The summed E-state index contributed by atoms with van der Waals surface area (Å²) in [5.74, 6) is 0. The summed E-state index contributed by atoms with van der Waals surface area (Å²) >= 11 is 0. The molecule has 2 aromatic heterocycles. The first kappa shape index (κ1) is 29.4. The molecule has 0 aliphatic heterocycles. The molecule has 2 heteroatoms. The highest BCUT2D eigenvalue weighted by atomic mass is 16.3. The van der Waals surface area contributed by atoms with E-state index in [9.17, 15) is 0 Å². The number of hydrogen-bond donors (Lipinski definition) is 0. The monoisotopic (exact) mass is 686 g/mol. The summed E-state index contributed by atoms with van der Waals surface area (Å²) < 4.78 is 13.0. The Morgan fingerprint density at radius 2 is 0.815 bits per heavy atom. The summed E-state index contributed by atoms with van der Waals surface area (Å²) in [6.45, 7) is 0. The maximum absolute atomic E-state index is 6.71. The van der Waals surface area contributed by atoms with Gasteiger partial charge in [0.25, 0.3) is 0 Å². The third-order valence-corrected chi connectivity index (χ3v) is 11.4. The predicted molar refractivity (Wildman–Crippen MR) is 227 cm³/mol. The zero-order valence-electron chi connectivity index (χ0n) is 29.1. The summed E-state index contributed by atoms with van der Waals surface area (Å²) in [6.07, 6.45) is 0. The van der Waals surface area contributed by atoms with Crippen LogP contribution in [0.2, 0.25) is 0 Å². The number of rotatable bonds is 3. The molecule has 54 heavy (non-hydrogen) atoms. The van der Waals surface area contributed by atoms with Crippen LogP contribution in [0.3, 0.4) is 0 Å². The van der Waals surface area contributed by atoms with Gasteiger partial charge in [0, 0.05) is 26.9 Å². The number of fused-ring (bicyclic) bond motifs is 12. The molecule has 2 nitrogen and oxygen atoms in total. The van der Waals surface area contributed by atoms with Gasteiger partial charge in [-0.2, -0.15) is 0 Å². The van der Waals surface area contributed by atoms with Gasteiger partial charge in [-0.3, -0.25) is 0 Å². The lowest BCUT2D eigenvalue weighted by molar-refractivity contribution is 0.664. The fourth-order valence-electron chi connectivity index (χ4n) is 9.16. The van der Waals surface area contributed by atoms with Crippen molar-refractivity contribution in [3.05, 3.63) is 182 Å². The summed E-state index contributed by atoms with van der Waals surface area (Å²) in [6, 6.07) is 65.7. The molecule has 0 N–H and O–H groups in total. The Balaban J connectivity index is 1.14. The van der Waals surface area contributed by atoms with E-state index >= 15 is 0 Å². The molecule has 0 radical (unpaired) electrons. The minimum Gasteiger partial charge on any atom is -0.456 e. The van der Waals surface area contributed by atoms with E-state index in [2.05, 4.69) is 158 Å². The van der Waals surface area contributed by atoms with E-state index in [1.54, 1.807) is 0 Å². The number of furan rings is 2. The molecule has 0 bridgehead atoms. The van der Waals surface area contributed by atoms with Crippen molar-refractivity contribution in [2.45, 2.75) is 0 Å². The molecular weight excluding hydrogens is 657 g/mol. The Bertz CT molecular complexity index is 3440. The lowest BCUT2D eigenvalue weighted by Gasteiger charge is -2.19. The van der Waals surface area contributed by atoms with Gasteiger partial charge in [0.05, 0.1) is 0 Å². The Morgan fingerprint density at radius 3 is 1.57 bits per heavy atom. The molecule has 12 aromatic rings. The molecule has 0 amide bonds. The van der Waals surface area contributed by atoms with Gasteiger partial charge < -0.3 is 8.83 Å². The predicted octanol–water partition coefficient (Wildman–Crippen LogP) is 15.1. The fraction of sp³-hybridized carbons (Fsp3) is 0.